The lowest BCUT2D eigenvalue weighted by atomic mass is 9.87. The van der Waals surface area contributed by atoms with Crippen LogP contribution in [0.4, 0.5) is 4.79 Å². The maximum Gasteiger partial charge on any atom is 0.407 e. The van der Waals surface area contributed by atoms with Gasteiger partial charge in [-0.15, -0.1) is 0 Å². The van der Waals surface area contributed by atoms with Crippen molar-refractivity contribution in [2.24, 2.45) is 5.41 Å². The van der Waals surface area contributed by atoms with Gasteiger partial charge in [0.25, 0.3) is 0 Å². The summed E-state index contributed by atoms with van der Waals surface area (Å²) < 4.78 is 10.2. The normalized spacial score (nSPS) is 12.7. The first kappa shape index (κ1) is 18.7. The second-order valence-electron chi connectivity index (χ2n) is 5.95. The minimum Gasteiger partial charge on any atom is -0.464 e. The van der Waals surface area contributed by atoms with Gasteiger partial charge >= 0.3 is 12.1 Å². The third kappa shape index (κ3) is 8.02. The van der Waals surface area contributed by atoms with Crippen molar-refractivity contribution in [3.63, 3.8) is 0 Å². The summed E-state index contributed by atoms with van der Waals surface area (Å²) in [6.45, 7) is 10.4. The molecule has 118 valence electrons. The van der Waals surface area contributed by atoms with E-state index in [-0.39, 0.29) is 0 Å². The van der Waals surface area contributed by atoms with Gasteiger partial charge in [-0.3, -0.25) is 0 Å². The number of hydrogen-bond acceptors (Lipinski definition) is 4. The van der Waals surface area contributed by atoms with Crippen LogP contribution in [-0.4, -0.2) is 31.3 Å². The number of carbonyl (C=O) groups excluding carboxylic acids is 2. The van der Waals surface area contributed by atoms with Crippen molar-refractivity contribution in [3.05, 3.63) is 0 Å². The summed E-state index contributed by atoms with van der Waals surface area (Å²) in [5.74, 6) is -0.404. The van der Waals surface area contributed by atoms with Crippen molar-refractivity contribution in [2.45, 2.75) is 66.3 Å². The molecule has 0 saturated heterocycles. The standard InChI is InChI=1S/C15H29NO4/c1-6-8-10-19-13(17)12(15(3,4)5)16-14(18)20-11-9-7-2/h12H,6-11H2,1-5H3,(H,16,18). The van der Waals surface area contributed by atoms with E-state index < -0.39 is 23.5 Å². The number of rotatable bonds is 8. The van der Waals surface area contributed by atoms with Crippen molar-refractivity contribution in [3.8, 4) is 0 Å². The van der Waals surface area contributed by atoms with E-state index >= 15 is 0 Å². The van der Waals surface area contributed by atoms with Crippen LogP contribution >= 0.6 is 0 Å². The van der Waals surface area contributed by atoms with Gasteiger partial charge in [-0.05, 0) is 18.3 Å². The van der Waals surface area contributed by atoms with Gasteiger partial charge in [-0.1, -0.05) is 47.5 Å². The number of ether oxygens (including phenoxy) is 2. The Kier molecular flexibility index (Phi) is 9.01. The zero-order valence-electron chi connectivity index (χ0n) is 13.5. The van der Waals surface area contributed by atoms with Gasteiger partial charge in [0, 0.05) is 0 Å². The first-order valence-corrected chi connectivity index (χ1v) is 7.42. The third-order valence-corrected chi connectivity index (χ3v) is 2.84. The Morgan fingerprint density at radius 3 is 1.95 bits per heavy atom. The van der Waals surface area contributed by atoms with Gasteiger partial charge in [0.15, 0.2) is 0 Å². The maximum absolute atomic E-state index is 12.0. The van der Waals surface area contributed by atoms with Gasteiger partial charge in [0.2, 0.25) is 0 Å². The molecular formula is C15H29NO4. The Balaban J connectivity index is 4.42. The molecule has 0 saturated carbocycles. The van der Waals surface area contributed by atoms with Gasteiger partial charge in [-0.25, -0.2) is 9.59 Å². The molecule has 0 fully saturated rings. The van der Waals surface area contributed by atoms with Crippen molar-refractivity contribution < 1.29 is 19.1 Å². The monoisotopic (exact) mass is 287 g/mol. The summed E-state index contributed by atoms with van der Waals surface area (Å²) in [6.07, 6.45) is 2.98. The predicted molar refractivity (Wildman–Crippen MR) is 78.5 cm³/mol. The summed E-state index contributed by atoms with van der Waals surface area (Å²) in [6, 6.07) is -0.700. The Morgan fingerprint density at radius 2 is 1.50 bits per heavy atom. The molecule has 0 aromatic heterocycles. The Bertz CT molecular complexity index is 297. The molecule has 0 spiro atoms. The van der Waals surface area contributed by atoms with Gasteiger partial charge in [-0.2, -0.15) is 0 Å². The summed E-state index contributed by atoms with van der Waals surface area (Å²) >= 11 is 0. The zero-order valence-corrected chi connectivity index (χ0v) is 13.5. The molecule has 0 rings (SSSR count). The van der Waals surface area contributed by atoms with E-state index in [2.05, 4.69) is 5.32 Å². The molecule has 1 amide bonds. The Hall–Kier alpha value is -1.26. The lowest BCUT2D eigenvalue weighted by Crippen LogP contribution is -2.50. The fraction of sp³-hybridized carbons (Fsp3) is 0.867. The lowest BCUT2D eigenvalue weighted by molar-refractivity contribution is -0.149. The summed E-state index contributed by atoms with van der Waals surface area (Å²) in [4.78, 5) is 23.7. The minimum absolute atomic E-state index is 0.365. The molecule has 0 aliphatic carbocycles. The average molecular weight is 287 g/mol. The first-order chi connectivity index (χ1) is 9.32. The summed E-state index contributed by atoms with van der Waals surface area (Å²) in [7, 11) is 0. The first-order valence-electron chi connectivity index (χ1n) is 7.42. The number of alkyl carbamates (subject to hydrolysis) is 1. The summed E-state index contributed by atoms with van der Waals surface area (Å²) in [5.41, 5.74) is -0.424. The molecule has 0 radical (unpaired) electrons. The van der Waals surface area contributed by atoms with Crippen LogP contribution in [0.15, 0.2) is 0 Å². The topological polar surface area (TPSA) is 64.6 Å². The van der Waals surface area contributed by atoms with Gasteiger partial charge < -0.3 is 14.8 Å². The molecule has 1 atom stereocenters. The quantitative estimate of drug-likeness (QED) is 0.549. The van der Waals surface area contributed by atoms with E-state index in [0.29, 0.717) is 13.2 Å². The molecule has 1 unspecified atom stereocenters. The molecule has 0 aliphatic heterocycles. The Labute approximate surface area is 122 Å². The lowest BCUT2D eigenvalue weighted by Gasteiger charge is -2.29. The molecule has 20 heavy (non-hydrogen) atoms. The van der Waals surface area contributed by atoms with Crippen LogP contribution in [0.1, 0.15) is 60.3 Å². The number of amides is 1. The van der Waals surface area contributed by atoms with Crippen LogP contribution in [-0.2, 0) is 14.3 Å². The molecule has 0 bridgehead atoms. The molecule has 0 aromatic carbocycles. The highest BCUT2D eigenvalue weighted by atomic mass is 16.6. The minimum atomic E-state index is -0.700. The fourth-order valence-corrected chi connectivity index (χ4v) is 1.50. The van der Waals surface area contributed by atoms with Crippen molar-refractivity contribution in [2.75, 3.05) is 13.2 Å². The Morgan fingerprint density at radius 1 is 1.00 bits per heavy atom. The highest BCUT2D eigenvalue weighted by Gasteiger charge is 2.34. The van der Waals surface area contributed by atoms with Crippen LogP contribution in [0.5, 0.6) is 0 Å². The smallest absolute Gasteiger partial charge is 0.407 e. The highest BCUT2D eigenvalue weighted by Crippen LogP contribution is 2.20. The van der Waals surface area contributed by atoms with Crippen LogP contribution in [0.2, 0.25) is 0 Å². The SMILES string of the molecule is CCCCOC(=O)NC(C(=O)OCCCC)C(C)(C)C. The molecule has 0 aromatic rings. The van der Waals surface area contributed by atoms with Crippen molar-refractivity contribution in [1.29, 1.82) is 0 Å². The van der Waals surface area contributed by atoms with Gasteiger partial charge in [0.1, 0.15) is 6.04 Å². The average Bonchev–Trinajstić information content (AvgIpc) is 2.35. The van der Waals surface area contributed by atoms with Crippen LogP contribution in [0.25, 0.3) is 0 Å². The van der Waals surface area contributed by atoms with Crippen LogP contribution < -0.4 is 5.32 Å². The second-order valence-corrected chi connectivity index (χ2v) is 5.95. The second kappa shape index (κ2) is 9.61. The number of esters is 1. The van der Waals surface area contributed by atoms with Crippen molar-refractivity contribution >= 4 is 12.1 Å². The molecule has 5 heteroatoms. The van der Waals surface area contributed by atoms with E-state index in [4.69, 9.17) is 9.47 Å². The van der Waals surface area contributed by atoms with Gasteiger partial charge in [0.05, 0.1) is 13.2 Å². The molecule has 1 N–H and O–H groups in total. The largest absolute Gasteiger partial charge is 0.464 e. The number of carbonyl (C=O) groups is 2. The maximum atomic E-state index is 12.0. The number of hydrogen-bond donors (Lipinski definition) is 1. The number of unbranched alkanes of at least 4 members (excludes halogenated alkanes) is 2. The van der Waals surface area contributed by atoms with E-state index in [1.54, 1.807) is 0 Å². The van der Waals surface area contributed by atoms with E-state index in [0.717, 1.165) is 25.7 Å². The molecule has 0 heterocycles. The van der Waals surface area contributed by atoms with E-state index in [9.17, 15) is 9.59 Å². The van der Waals surface area contributed by atoms with Crippen molar-refractivity contribution in [1.82, 2.24) is 5.32 Å². The molecule has 0 aliphatic rings. The highest BCUT2D eigenvalue weighted by molar-refractivity contribution is 5.82. The summed E-state index contributed by atoms with van der Waals surface area (Å²) in [5, 5.41) is 2.61. The van der Waals surface area contributed by atoms with E-state index in [1.807, 2.05) is 34.6 Å². The fourth-order valence-electron chi connectivity index (χ4n) is 1.50. The third-order valence-electron chi connectivity index (χ3n) is 2.84. The molecule has 5 nitrogen and oxygen atoms in total. The van der Waals surface area contributed by atoms with Crippen LogP contribution in [0, 0.1) is 5.41 Å². The zero-order chi connectivity index (χ0) is 15.6. The van der Waals surface area contributed by atoms with E-state index in [1.165, 1.54) is 0 Å². The number of nitrogens with one attached hydrogen (secondary N) is 1. The predicted octanol–water partition coefficient (Wildman–Crippen LogP) is 3.27. The van der Waals surface area contributed by atoms with Crippen LogP contribution in [0.3, 0.4) is 0 Å². The molecular weight excluding hydrogens is 258 g/mol.